The van der Waals surface area contributed by atoms with E-state index in [1.165, 1.54) is 18.4 Å². The van der Waals surface area contributed by atoms with Crippen LogP contribution in [0.15, 0.2) is 35.3 Å². The van der Waals surface area contributed by atoms with Crippen LogP contribution in [0.4, 0.5) is 0 Å². The van der Waals surface area contributed by atoms with Crippen molar-refractivity contribution < 1.29 is 0 Å². The molecule has 0 bridgehead atoms. The molecular weight excluding hydrogens is 262 g/mol. The molecule has 1 aromatic carbocycles. The van der Waals surface area contributed by atoms with Crippen LogP contribution in [-0.2, 0) is 12.5 Å². The van der Waals surface area contributed by atoms with Crippen molar-refractivity contribution in [3.05, 3.63) is 52.2 Å². The minimum absolute atomic E-state index is 0.00197. The molecule has 1 fully saturated rings. The summed E-state index contributed by atoms with van der Waals surface area (Å²) in [5, 5.41) is 0. The predicted molar refractivity (Wildman–Crippen MR) is 84.9 cm³/mol. The molecule has 0 unspecified atom stereocenters. The van der Waals surface area contributed by atoms with Crippen LogP contribution >= 0.6 is 0 Å². The smallest absolute Gasteiger partial charge is 0.330 e. The summed E-state index contributed by atoms with van der Waals surface area (Å²) in [4.78, 5) is 12.3. The first-order valence-corrected chi connectivity index (χ1v) is 7.63. The third kappa shape index (κ3) is 2.23. The number of rotatable bonds is 3. The summed E-state index contributed by atoms with van der Waals surface area (Å²) in [6, 6.07) is 8.34. The van der Waals surface area contributed by atoms with Crippen molar-refractivity contribution in [3.8, 4) is 5.69 Å². The molecule has 112 valence electrons. The van der Waals surface area contributed by atoms with Crippen LogP contribution in [-0.4, -0.2) is 15.7 Å². The van der Waals surface area contributed by atoms with Crippen molar-refractivity contribution in [1.82, 2.24) is 9.13 Å². The molecule has 1 aliphatic rings. The number of aromatic nitrogens is 2. The van der Waals surface area contributed by atoms with E-state index < -0.39 is 0 Å². The maximum absolute atomic E-state index is 12.3. The van der Waals surface area contributed by atoms with Crippen LogP contribution in [0, 0.1) is 6.92 Å². The lowest BCUT2D eigenvalue weighted by Gasteiger charge is -2.28. The monoisotopic (exact) mass is 285 g/mol. The first-order chi connectivity index (χ1) is 10.1. The van der Waals surface area contributed by atoms with Gasteiger partial charge in [-0.25, -0.2) is 4.79 Å². The van der Waals surface area contributed by atoms with Gasteiger partial charge in [-0.1, -0.05) is 25.0 Å². The molecule has 4 heteroatoms. The van der Waals surface area contributed by atoms with E-state index in [0.717, 1.165) is 24.2 Å². The molecule has 21 heavy (non-hydrogen) atoms. The standard InChI is InChI=1S/C17H23N3O/c1-13-11-19(2)16(21)20(13)15-7-5-6-14(10-15)17(12-18)8-3-4-9-17/h5-7,10-11H,3-4,8-9,12,18H2,1-2H3. The summed E-state index contributed by atoms with van der Waals surface area (Å²) in [5.41, 5.74) is 9.34. The van der Waals surface area contributed by atoms with Gasteiger partial charge in [0.25, 0.3) is 0 Å². The van der Waals surface area contributed by atoms with Gasteiger partial charge in [-0.2, -0.15) is 0 Å². The van der Waals surface area contributed by atoms with Gasteiger partial charge < -0.3 is 10.3 Å². The van der Waals surface area contributed by atoms with Gasteiger partial charge in [0.05, 0.1) is 5.69 Å². The normalized spacial score (nSPS) is 17.3. The highest BCUT2D eigenvalue weighted by Crippen LogP contribution is 2.40. The zero-order valence-electron chi connectivity index (χ0n) is 12.8. The van der Waals surface area contributed by atoms with Crippen molar-refractivity contribution in [2.75, 3.05) is 6.54 Å². The molecule has 2 N–H and O–H groups in total. The summed E-state index contributed by atoms with van der Waals surface area (Å²) < 4.78 is 3.39. The molecular formula is C17H23N3O. The number of benzene rings is 1. The molecule has 0 aliphatic heterocycles. The number of aryl methyl sites for hydroxylation is 2. The SMILES string of the molecule is Cc1cn(C)c(=O)n1-c1cccc(C2(CN)CCCC2)c1. The quantitative estimate of drug-likeness (QED) is 0.940. The molecule has 1 saturated carbocycles. The zero-order valence-corrected chi connectivity index (χ0v) is 12.8. The Labute approximate surface area is 125 Å². The first kappa shape index (κ1) is 14.1. The van der Waals surface area contributed by atoms with E-state index in [0.29, 0.717) is 6.54 Å². The van der Waals surface area contributed by atoms with Gasteiger partial charge in [0, 0.05) is 30.9 Å². The van der Waals surface area contributed by atoms with Gasteiger partial charge in [-0.3, -0.25) is 4.57 Å². The van der Waals surface area contributed by atoms with Crippen LogP contribution in [0.3, 0.4) is 0 Å². The number of nitrogens with zero attached hydrogens (tertiary/aromatic N) is 2. The van der Waals surface area contributed by atoms with E-state index >= 15 is 0 Å². The van der Waals surface area contributed by atoms with E-state index in [2.05, 4.69) is 12.1 Å². The van der Waals surface area contributed by atoms with Crippen LogP contribution < -0.4 is 11.4 Å². The third-order valence-electron chi connectivity index (χ3n) is 4.89. The van der Waals surface area contributed by atoms with Gasteiger partial charge in [-0.15, -0.1) is 0 Å². The predicted octanol–water partition coefficient (Wildman–Crippen LogP) is 2.25. The number of hydrogen-bond acceptors (Lipinski definition) is 2. The Morgan fingerprint density at radius 1 is 1.29 bits per heavy atom. The Hall–Kier alpha value is -1.81. The average Bonchev–Trinajstić information content (AvgIpc) is 3.06. The second-order valence-electron chi connectivity index (χ2n) is 6.24. The number of nitrogens with two attached hydrogens (primary N) is 1. The van der Waals surface area contributed by atoms with Gasteiger partial charge in [-0.05, 0) is 37.5 Å². The Bertz CT molecular complexity index is 705. The Morgan fingerprint density at radius 2 is 2.00 bits per heavy atom. The van der Waals surface area contributed by atoms with E-state index in [9.17, 15) is 4.79 Å². The molecule has 0 radical (unpaired) electrons. The highest BCUT2D eigenvalue weighted by Gasteiger charge is 2.34. The molecule has 4 nitrogen and oxygen atoms in total. The molecule has 2 aromatic rings. The van der Waals surface area contributed by atoms with Crippen LogP contribution in [0.1, 0.15) is 36.9 Å². The van der Waals surface area contributed by atoms with Crippen LogP contribution in [0.5, 0.6) is 0 Å². The Balaban J connectivity index is 2.10. The second kappa shape index (κ2) is 5.19. The Kier molecular flexibility index (Phi) is 3.49. The molecule has 1 heterocycles. The fourth-order valence-electron chi connectivity index (χ4n) is 3.65. The summed E-state index contributed by atoms with van der Waals surface area (Å²) in [7, 11) is 1.79. The largest absolute Gasteiger partial charge is 0.332 e. The van der Waals surface area contributed by atoms with Crippen molar-refractivity contribution in [3.63, 3.8) is 0 Å². The van der Waals surface area contributed by atoms with Gasteiger partial charge >= 0.3 is 5.69 Å². The molecule has 0 saturated heterocycles. The minimum Gasteiger partial charge on any atom is -0.330 e. The summed E-state index contributed by atoms with van der Waals surface area (Å²) in [6.07, 6.45) is 6.64. The van der Waals surface area contributed by atoms with Crippen molar-refractivity contribution in [1.29, 1.82) is 0 Å². The van der Waals surface area contributed by atoms with Crippen LogP contribution in [0.25, 0.3) is 5.69 Å². The average molecular weight is 285 g/mol. The molecule has 0 amide bonds. The molecule has 1 aliphatic carbocycles. The summed E-state index contributed by atoms with van der Waals surface area (Å²) in [6.45, 7) is 2.64. The van der Waals surface area contributed by atoms with E-state index in [4.69, 9.17) is 5.73 Å². The zero-order chi connectivity index (χ0) is 15.0. The van der Waals surface area contributed by atoms with E-state index in [1.54, 1.807) is 16.2 Å². The van der Waals surface area contributed by atoms with Gasteiger partial charge in [0.2, 0.25) is 0 Å². The summed E-state index contributed by atoms with van der Waals surface area (Å²) >= 11 is 0. The maximum Gasteiger partial charge on any atom is 0.332 e. The van der Waals surface area contributed by atoms with Crippen LogP contribution in [0.2, 0.25) is 0 Å². The highest BCUT2D eigenvalue weighted by atomic mass is 16.1. The lowest BCUT2D eigenvalue weighted by Crippen LogP contribution is -2.32. The molecule has 0 spiro atoms. The number of hydrogen-bond donors (Lipinski definition) is 1. The fourth-order valence-corrected chi connectivity index (χ4v) is 3.65. The van der Waals surface area contributed by atoms with Crippen molar-refractivity contribution in [2.45, 2.75) is 38.0 Å². The molecule has 3 rings (SSSR count). The lowest BCUT2D eigenvalue weighted by molar-refractivity contribution is 0.453. The fraction of sp³-hybridized carbons (Fsp3) is 0.471. The van der Waals surface area contributed by atoms with E-state index in [1.807, 2.05) is 25.3 Å². The summed E-state index contributed by atoms with van der Waals surface area (Å²) in [5.74, 6) is 0. The van der Waals surface area contributed by atoms with E-state index in [-0.39, 0.29) is 11.1 Å². The number of imidazole rings is 1. The highest BCUT2D eigenvalue weighted by molar-refractivity contribution is 5.41. The third-order valence-corrected chi connectivity index (χ3v) is 4.89. The lowest BCUT2D eigenvalue weighted by atomic mass is 9.79. The minimum atomic E-state index is -0.00197. The van der Waals surface area contributed by atoms with Gasteiger partial charge in [0.1, 0.15) is 0 Å². The van der Waals surface area contributed by atoms with Gasteiger partial charge in [0.15, 0.2) is 0 Å². The first-order valence-electron chi connectivity index (χ1n) is 7.63. The van der Waals surface area contributed by atoms with Crippen molar-refractivity contribution >= 4 is 0 Å². The topological polar surface area (TPSA) is 53.0 Å². The maximum atomic E-state index is 12.3. The Morgan fingerprint density at radius 3 is 2.57 bits per heavy atom. The second-order valence-corrected chi connectivity index (χ2v) is 6.24. The molecule has 1 aromatic heterocycles. The molecule has 0 atom stereocenters. The van der Waals surface area contributed by atoms with Crippen molar-refractivity contribution in [2.24, 2.45) is 12.8 Å².